The third kappa shape index (κ3) is 2.25. The quantitative estimate of drug-likeness (QED) is 0.592. The molecule has 1 aliphatic heterocycles. The molecule has 1 aromatic carbocycles. The van der Waals surface area contributed by atoms with E-state index in [-0.39, 0.29) is 11.8 Å². The Morgan fingerprint density at radius 2 is 2.31 bits per heavy atom. The Morgan fingerprint density at radius 3 is 2.88 bits per heavy atom. The molecule has 84 valence electrons. The molecule has 0 saturated carbocycles. The largest absolute Gasteiger partial charge is 0.312 e. The summed E-state index contributed by atoms with van der Waals surface area (Å²) in [6.07, 6.45) is 2.40. The van der Waals surface area contributed by atoms with E-state index in [9.17, 15) is 4.79 Å². The number of carbonyl (C=O) groups excluding carboxylic acids is 1. The van der Waals surface area contributed by atoms with Crippen molar-refractivity contribution in [2.45, 2.75) is 6.42 Å². The summed E-state index contributed by atoms with van der Waals surface area (Å²) in [5, 5.41) is 0.719. The highest BCUT2D eigenvalue weighted by molar-refractivity contribution is 14.1. The maximum atomic E-state index is 11.8. The topological polar surface area (TPSA) is 20.3 Å². The van der Waals surface area contributed by atoms with Gasteiger partial charge in [0.05, 0.1) is 5.02 Å². The third-order valence-corrected chi connectivity index (χ3v) is 4.24. The van der Waals surface area contributed by atoms with Crippen LogP contribution in [0.5, 0.6) is 0 Å². The van der Waals surface area contributed by atoms with E-state index in [0.29, 0.717) is 6.42 Å². The number of nitrogens with zero attached hydrogens (tertiary/aromatic N) is 1. The predicted octanol–water partition coefficient (Wildman–Crippen LogP) is 3.48. The summed E-state index contributed by atoms with van der Waals surface area (Å²) in [5.74, 6) is 0.420. The number of hydrogen-bond donors (Lipinski definition) is 0. The Kier molecular flexibility index (Phi) is 3.54. The average Bonchev–Trinajstić information content (AvgIpc) is 2.64. The van der Waals surface area contributed by atoms with Crippen molar-refractivity contribution in [1.29, 1.82) is 0 Å². The highest BCUT2D eigenvalue weighted by atomic mass is 127. The summed E-state index contributed by atoms with van der Waals surface area (Å²) in [4.78, 5) is 13.6. The van der Waals surface area contributed by atoms with Crippen LogP contribution in [0.2, 0.25) is 5.02 Å². The number of anilines is 1. The van der Waals surface area contributed by atoms with E-state index in [0.717, 1.165) is 20.8 Å². The lowest BCUT2D eigenvalue weighted by molar-refractivity contribution is -0.117. The smallest absolute Gasteiger partial charge is 0.227 e. The Balaban J connectivity index is 2.27. The van der Waals surface area contributed by atoms with E-state index in [1.54, 1.807) is 4.90 Å². The van der Waals surface area contributed by atoms with E-state index in [1.807, 2.05) is 24.3 Å². The Labute approximate surface area is 113 Å². The van der Waals surface area contributed by atoms with Crippen molar-refractivity contribution in [3.63, 3.8) is 0 Å². The first-order valence-electron chi connectivity index (χ1n) is 5.00. The van der Waals surface area contributed by atoms with Gasteiger partial charge in [0, 0.05) is 28.1 Å². The van der Waals surface area contributed by atoms with Gasteiger partial charge in [-0.05, 0) is 40.8 Å². The number of halogens is 2. The fraction of sp³-hybridized carbons (Fsp3) is 0.250. The van der Waals surface area contributed by atoms with Gasteiger partial charge in [0.25, 0.3) is 0 Å². The highest BCUT2D eigenvalue weighted by Crippen LogP contribution is 2.29. The first-order chi connectivity index (χ1) is 7.61. The summed E-state index contributed by atoms with van der Waals surface area (Å²) >= 11 is 8.12. The van der Waals surface area contributed by atoms with E-state index < -0.39 is 0 Å². The lowest BCUT2D eigenvalue weighted by Gasteiger charge is -2.16. The highest BCUT2D eigenvalue weighted by Gasteiger charge is 2.28. The lowest BCUT2D eigenvalue weighted by Crippen LogP contribution is -2.24. The zero-order chi connectivity index (χ0) is 11.7. The molecule has 0 aromatic heterocycles. The number of benzene rings is 1. The SMILES string of the molecule is C=CC1CC(=O)N(c2ccc(Cl)c(I)c2)C1. The third-order valence-electron chi connectivity index (χ3n) is 2.70. The van der Waals surface area contributed by atoms with E-state index in [4.69, 9.17) is 11.6 Å². The summed E-state index contributed by atoms with van der Waals surface area (Å²) in [6, 6.07) is 5.65. The molecule has 1 aromatic rings. The van der Waals surface area contributed by atoms with Crippen LogP contribution < -0.4 is 4.90 Å². The number of rotatable bonds is 2. The van der Waals surface area contributed by atoms with Crippen LogP contribution in [0.3, 0.4) is 0 Å². The number of hydrogen-bond acceptors (Lipinski definition) is 1. The monoisotopic (exact) mass is 347 g/mol. The van der Waals surface area contributed by atoms with Crippen LogP contribution in [0.25, 0.3) is 0 Å². The van der Waals surface area contributed by atoms with E-state index in [1.165, 1.54) is 0 Å². The molecule has 1 amide bonds. The van der Waals surface area contributed by atoms with Crippen molar-refractivity contribution < 1.29 is 4.79 Å². The van der Waals surface area contributed by atoms with Gasteiger partial charge in [-0.25, -0.2) is 0 Å². The van der Waals surface area contributed by atoms with Gasteiger partial charge in [-0.2, -0.15) is 0 Å². The predicted molar refractivity (Wildman–Crippen MR) is 74.8 cm³/mol. The van der Waals surface area contributed by atoms with Crippen molar-refractivity contribution in [3.05, 3.63) is 39.4 Å². The maximum Gasteiger partial charge on any atom is 0.227 e. The molecule has 1 fully saturated rings. The Hall–Kier alpha value is -0.550. The summed E-state index contributed by atoms with van der Waals surface area (Å²) in [7, 11) is 0. The maximum absolute atomic E-state index is 11.8. The molecule has 1 aliphatic rings. The lowest BCUT2D eigenvalue weighted by atomic mass is 10.1. The van der Waals surface area contributed by atoms with Crippen LogP contribution in [0.1, 0.15) is 6.42 Å². The van der Waals surface area contributed by atoms with Gasteiger partial charge in [-0.15, -0.1) is 6.58 Å². The van der Waals surface area contributed by atoms with E-state index >= 15 is 0 Å². The molecule has 0 N–H and O–H groups in total. The molecule has 0 aliphatic carbocycles. The molecular weight excluding hydrogens is 336 g/mol. The molecule has 2 nitrogen and oxygen atoms in total. The van der Waals surface area contributed by atoms with Gasteiger partial charge in [-0.3, -0.25) is 4.79 Å². The molecule has 0 spiro atoms. The van der Waals surface area contributed by atoms with Crippen LogP contribution in [0.15, 0.2) is 30.9 Å². The van der Waals surface area contributed by atoms with Crippen LogP contribution >= 0.6 is 34.2 Å². The van der Waals surface area contributed by atoms with Crippen LogP contribution in [-0.4, -0.2) is 12.5 Å². The average molecular weight is 348 g/mol. The fourth-order valence-corrected chi connectivity index (χ4v) is 2.41. The second kappa shape index (κ2) is 4.75. The van der Waals surface area contributed by atoms with Crippen LogP contribution in [-0.2, 0) is 4.79 Å². The minimum atomic E-state index is 0.156. The van der Waals surface area contributed by atoms with Gasteiger partial charge in [0.1, 0.15) is 0 Å². The molecular formula is C12H11ClINO. The zero-order valence-corrected chi connectivity index (χ0v) is 11.5. The molecule has 1 atom stereocenters. The molecule has 0 bridgehead atoms. The van der Waals surface area contributed by atoms with Crippen molar-refractivity contribution in [1.82, 2.24) is 0 Å². The number of carbonyl (C=O) groups is 1. The normalized spacial score (nSPS) is 20.2. The van der Waals surface area contributed by atoms with E-state index in [2.05, 4.69) is 29.2 Å². The molecule has 16 heavy (non-hydrogen) atoms. The number of amides is 1. The van der Waals surface area contributed by atoms with Gasteiger partial charge >= 0.3 is 0 Å². The first-order valence-corrected chi connectivity index (χ1v) is 6.45. The molecule has 1 heterocycles. The standard InChI is InChI=1S/C12H11ClINO/c1-2-8-5-12(16)15(7-8)9-3-4-10(13)11(14)6-9/h2-4,6,8H,1,5,7H2. The van der Waals surface area contributed by atoms with Crippen LogP contribution in [0.4, 0.5) is 5.69 Å². The summed E-state index contributed by atoms with van der Waals surface area (Å²) in [6.45, 7) is 4.46. The van der Waals surface area contributed by atoms with Gasteiger partial charge < -0.3 is 4.90 Å². The molecule has 1 saturated heterocycles. The minimum absolute atomic E-state index is 0.156. The van der Waals surface area contributed by atoms with Crippen molar-refractivity contribution in [2.24, 2.45) is 5.92 Å². The van der Waals surface area contributed by atoms with Crippen molar-refractivity contribution in [2.75, 3.05) is 11.4 Å². The summed E-state index contributed by atoms with van der Waals surface area (Å²) in [5.41, 5.74) is 0.920. The Morgan fingerprint density at radius 1 is 1.56 bits per heavy atom. The van der Waals surface area contributed by atoms with Crippen molar-refractivity contribution in [3.8, 4) is 0 Å². The van der Waals surface area contributed by atoms with Gasteiger partial charge in [0.15, 0.2) is 0 Å². The zero-order valence-electron chi connectivity index (χ0n) is 8.62. The molecule has 4 heteroatoms. The van der Waals surface area contributed by atoms with Crippen molar-refractivity contribution >= 4 is 45.8 Å². The summed E-state index contributed by atoms with van der Waals surface area (Å²) < 4.78 is 0.964. The van der Waals surface area contributed by atoms with Crippen LogP contribution in [0, 0.1) is 9.49 Å². The fourth-order valence-electron chi connectivity index (χ4n) is 1.80. The molecule has 1 unspecified atom stereocenters. The Bertz CT molecular complexity index is 447. The minimum Gasteiger partial charge on any atom is -0.312 e. The van der Waals surface area contributed by atoms with Gasteiger partial charge in [-0.1, -0.05) is 17.7 Å². The molecule has 0 radical (unpaired) electrons. The second-order valence-corrected chi connectivity index (χ2v) is 5.37. The second-order valence-electron chi connectivity index (χ2n) is 3.80. The first kappa shape index (κ1) is 11.9. The van der Waals surface area contributed by atoms with Gasteiger partial charge in [0.2, 0.25) is 5.91 Å². The molecule has 2 rings (SSSR count).